The Hall–Kier alpha value is -5.90. The number of fused-ring (bicyclic) bond motifs is 3. The molecule has 1 aliphatic heterocycles. The first-order valence-electron chi connectivity index (χ1n) is 22.1. The molecule has 0 unspecified atom stereocenters. The minimum atomic E-state index is -0.197. The molecule has 328 valence electrons. The van der Waals surface area contributed by atoms with Crippen molar-refractivity contribution in [2.75, 3.05) is 9.80 Å². The molecule has 8 aromatic rings. The molecule has 6 heteroatoms. The Balaban J connectivity index is 0.00000560. The van der Waals surface area contributed by atoms with Gasteiger partial charge in [-0.05, 0) is 81.1 Å². The largest absolute Gasteiger partial charge is 0.509 e. The molecule has 0 N–H and O–H groups in total. The van der Waals surface area contributed by atoms with Crippen molar-refractivity contribution in [1.29, 1.82) is 0 Å². The third-order valence-corrected chi connectivity index (χ3v) is 12.5. The Morgan fingerprint density at radius 1 is 0.625 bits per heavy atom. The molecule has 0 amide bonds. The number of allylic oxidation sites excluding steroid dienone is 1. The molecule has 0 saturated carbocycles. The van der Waals surface area contributed by atoms with Gasteiger partial charge in [0.05, 0.1) is 0 Å². The number of ether oxygens (including phenoxy) is 1. The average molecular weight is 1020 g/mol. The van der Waals surface area contributed by atoms with Gasteiger partial charge in [-0.25, -0.2) is 4.98 Å². The topological polar surface area (TPSA) is 33.5 Å². The molecule has 9 rings (SSSR count). The zero-order chi connectivity index (χ0) is 44.3. The number of hydrogen-bond donors (Lipinski definition) is 0. The summed E-state index contributed by atoms with van der Waals surface area (Å²) in [5, 5.41) is 2.23. The van der Waals surface area contributed by atoms with Gasteiger partial charge in [-0.15, -0.1) is 53.6 Å². The fourth-order valence-electron chi connectivity index (χ4n) is 8.81. The molecule has 5 nitrogen and oxygen atoms in total. The quantitative estimate of drug-likeness (QED) is 0.135. The maximum absolute atomic E-state index is 6.92. The summed E-state index contributed by atoms with van der Waals surface area (Å²) >= 11 is 0. The Labute approximate surface area is 394 Å². The molecule has 1 aliphatic rings. The number of para-hydroxylation sites is 1. The fourth-order valence-corrected chi connectivity index (χ4v) is 8.81. The number of hydrogen-bond acceptors (Lipinski definition) is 4. The van der Waals surface area contributed by atoms with E-state index < -0.39 is 0 Å². The SMILES string of the molecule is CC(C)c1ccccc1-c1cc(Oc2[c-]c3c(cc2)c2ccccc2n3-c2cc(C(C)(C)C)ccn2)[c-]c(N2[CH-]N(c3cccc(C(C)(C)c4ccccc4)c3)C=C2C(C)(C)C)c1.[Pt]. The summed E-state index contributed by atoms with van der Waals surface area (Å²) in [6, 6.07) is 57.1. The third-order valence-electron chi connectivity index (χ3n) is 12.5. The second-order valence-electron chi connectivity index (χ2n) is 19.8. The Bertz CT molecular complexity index is 3000. The van der Waals surface area contributed by atoms with Gasteiger partial charge < -0.3 is 19.1 Å². The van der Waals surface area contributed by atoms with Gasteiger partial charge in [-0.3, -0.25) is 0 Å². The average Bonchev–Trinajstić information content (AvgIpc) is 3.87. The van der Waals surface area contributed by atoms with Crippen LogP contribution in [-0.4, -0.2) is 9.55 Å². The van der Waals surface area contributed by atoms with Crippen LogP contribution in [0.15, 0.2) is 158 Å². The van der Waals surface area contributed by atoms with Gasteiger partial charge in [0.2, 0.25) is 0 Å². The summed E-state index contributed by atoms with van der Waals surface area (Å²) in [6.45, 7) is 24.8. The number of pyridine rings is 1. The number of nitrogens with zero attached hydrogens (tertiary/aromatic N) is 4. The van der Waals surface area contributed by atoms with E-state index in [0.29, 0.717) is 17.4 Å². The van der Waals surface area contributed by atoms with E-state index in [2.05, 4.69) is 242 Å². The van der Waals surface area contributed by atoms with Gasteiger partial charge in [-0.2, -0.15) is 6.07 Å². The fraction of sp³-hybridized carbons (Fsp3) is 0.241. The molecular formula is C58H57N4OPt-3. The summed E-state index contributed by atoms with van der Waals surface area (Å²) in [6.07, 6.45) is 4.17. The zero-order valence-corrected chi connectivity index (χ0v) is 40.9. The second kappa shape index (κ2) is 17.2. The van der Waals surface area contributed by atoms with Crippen molar-refractivity contribution in [3.63, 3.8) is 0 Å². The van der Waals surface area contributed by atoms with E-state index in [4.69, 9.17) is 9.72 Å². The summed E-state index contributed by atoms with van der Waals surface area (Å²) in [5.41, 5.74) is 12.0. The van der Waals surface area contributed by atoms with E-state index in [0.717, 1.165) is 50.3 Å². The summed E-state index contributed by atoms with van der Waals surface area (Å²) in [4.78, 5) is 9.42. The molecule has 64 heavy (non-hydrogen) atoms. The molecule has 0 fully saturated rings. The molecule has 0 bridgehead atoms. The number of rotatable bonds is 9. The summed E-state index contributed by atoms with van der Waals surface area (Å²) in [5.74, 6) is 2.39. The van der Waals surface area contributed by atoms with Crippen LogP contribution >= 0.6 is 0 Å². The Morgan fingerprint density at radius 3 is 2.09 bits per heavy atom. The first kappa shape index (κ1) is 44.7. The maximum atomic E-state index is 6.92. The van der Waals surface area contributed by atoms with Gasteiger partial charge in [0.15, 0.2) is 0 Å². The van der Waals surface area contributed by atoms with Gasteiger partial charge >= 0.3 is 0 Å². The standard InChI is InChI=1S/C58H57N4O.Pt/c1-39(2)48-23-14-15-24-49(48)40-31-45(61-38-60(37-54(61)57(6,7)8)44-22-18-21-43(33-44)58(9,10)41-19-12-11-13-20-41)35-47(32-40)63-46-27-28-51-50-25-16-17-26-52(50)62(53(51)36-46)55-34-42(29-30-59-55)56(3,4)5;/h11-34,37-39H,1-10H3;/q-3;. The van der Waals surface area contributed by atoms with Crippen molar-refractivity contribution in [3.05, 3.63) is 199 Å². The molecule has 0 aliphatic carbocycles. The van der Waals surface area contributed by atoms with Crippen LogP contribution in [0.4, 0.5) is 11.4 Å². The van der Waals surface area contributed by atoms with Crippen LogP contribution in [0.3, 0.4) is 0 Å². The van der Waals surface area contributed by atoms with Crippen molar-refractivity contribution in [3.8, 4) is 28.4 Å². The van der Waals surface area contributed by atoms with Crippen molar-refractivity contribution in [2.24, 2.45) is 5.41 Å². The number of anilines is 2. The number of benzene rings is 6. The van der Waals surface area contributed by atoms with Crippen LogP contribution in [-0.2, 0) is 31.9 Å². The monoisotopic (exact) mass is 1020 g/mol. The minimum Gasteiger partial charge on any atom is -0.509 e. The van der Waals surface area contributed by atoms with E-state index in [9.17, 15) is 0 Å². The first-order valence-corrected chi connectivity index (χ1v) is 22.1. The Morgan fingerprint density at radius 2 is 1.34 bits per heavy atom. The van der Waals surface area contributed by atoms with Crippen LogP contribution in [0, 0.1) is 24.2 Å². The third kappa shape index (κ3) is 8.55. The maximum Gasteiger partial charge on any atom is 0.135 e. The second-order valence-corrected chi connectivity index (χ2v) is 19.8. The predicted octanol–water partition coefficient (Wildman–Crippen LogP) is 15.3. The molecule has 0 atom stereocenters. The van der Waals surface area contributed by atoms with Crippen molar-refractivity contribution in [2.45, 2.75) is 86.0 Å². The minimum absolute atomic E-state index is 0. The molecule has 0 saturated heterocycles. The van der Waals surface area contributed by atoms with E-state index in [1.165, 1.54) is 27.8 Å². The zero-order valence-electron chi connectivity index (χ0n) is 38.6. The van der Waals surface area contributed by atoms with Crippen LogP contribution in [0.5, 0.6) is 11.5 Å². The number of aromatic nitrogens is 2. The predicted molar refractivity (Wildman–Crippen MR) is 263 cm³/mol. The molecule has 2 aromatic heterocycles. The van der Waals surface area contributed by atoms with Crippen LogP contribution < -0.4 is 14.5 Å². The van der Waals surface area contributed by atoms with Gasteiger partial charge in [0.1, 0.15) is 5.82 Å². The van der Waals surface area contributed by atoms with Gasteiger partial charge in [-0.1, -0.05) is 160 Å². The molecule has 6 aromatic carbocycles. The smallest absolute Gasteiger partial charge is 0.135 e. The first-order chi connectivity index (χ1) is 30.1. The molecule has 0 radical (unpaired) electrons. The van der Waals surface area contributed by atoms with Crippen LogP contribution in [0.1, 0.15) is 97.4 Å². The van der Waals surface area contributed by atoms with E-state index in [-0.39, 0.29) is 37.3 Å². The van der Waals surface area contributed by atoms with Crippen LogP contribution in [0.25, 0.3) is 38.8 Å². The van der Waals surface area contributed by atoms with E-state index in [1.54, 1.807) is 0 Å². The Kier molecular flexibility index (Phi) is 12.0. The summed E-state index contributed by atoms with van der Waals surface area (Å²) < 4.78 is 9.13. The molecule has 3 heterocycles. The van der Waals surface area contributed by atoms with Gasteiger partial charge in [0, 0.05) is 66.5 Å². The van der Waals surface area contributed by atoms with Crippen molar-refractivity contribution < 1.29 is 25.8 Å². The summed E-state index contributed by atoms with van der Waals surface area (Å²) in [7, 11) is 0. The molecule has 0 spiro atoms. The van der Waals surface area contributed by atoms with Crippen molar-refractivity contribution >= 4 is 33.2 Å². The van der Waals surface area contributed by atoms with E-state index >= 15 is 0 Å². The van der Waals surface area contributed by atoms with Gasteiger partial charge in [0.25, 0.3) is 0 Å². The van der Waals surface area contributed by atoms with Crippen molar-refractivity contribution in [1.82, 2.24) is 9.55 Å². The van der Waals surface area contributed by atoms with Crippen LogP contribution in [0.2, 0.25) is 0 Å². The normalized spacial score (nSPS) is 13.5. The van der Waals surface area contributed by atoms with E-state index in [1.807, 2.05) is 12.3 Å². The molecular weight excluding hydrogens is 964 g/mol.